The molecule has 0 aliphatic heterocycles. The molecule has 2 aliphatic rings. The predicted octanol–water partition coefficient (Wildman–Crippen LogP) is 6.22. The van der Waals surface area contributed by atoms with Crippen LogP contribution in [0, 0.1) is 26.2 Å². The minimum absolute atomic E-state index is 0. The Bertz CT molecular complexity index is 431. The molecule has 0 aromatic rings. The summed E-state index contributed by atoms with van der Waals surface area (Å²) >= 11 is 0. The average Bonchev–Trinajstić information content (AvgIpc) is 2.52. The summed E-state index contributed by atoms with van der Waals surface area (Å²) in [4.78, 5) is 0. The zero-order chi connectivity index (χ0) is 14.3. The molecular formula is C20H29Ru. The Morgan fingerprint density at radius 1 is 1.19 bits per heavy atom. The standard InChI is InChI=1S/C12H17.C7H9.CH3.Ru/c1-9(2)12-6-5-10(3)7-11(4)8-12;1-7-5-3-2-4-6-7;;/h5-9H,1-4H3;2-3,5H,1,4,6H2;1H3;/q3*-1;+3. The SMILES string of the molecule is CC1=C[C-](C)C=C(C(C)C)C=C1.[CH2-]C1=CC=CCC1.[CH3-].[Ru+3]. The molecule has 0 spiro atoms. The first kappa shape index (κ1) is 22.3. The molecule has 117 valence electrons. The van der Waals surface area contributed by atoms with Crippen molar-refractivity contribution in [1.82, 2.24) is 0 Å². The summed E-state index contributed by atoms with van der Waals surface area (Å²) in [5.41, 5.74) is 4.00. The van der Waals surface area contributed by atoms with Gasteiger partial charge < -0.3 is 7.43 Å². The molecule has 21 heavy (non-hydrogen) atoms. The molecule has 0 heterocycles. The summed E-state index contributed by atoms with van der Waals surface area (Å²) < 4.78 is 0. The van der Waals surface area contributed by atoms with Gasteiger partial charge in [-0.05, 0) is 6.42 Å². The van der Waals surface area contributed by atoms with E-state index in [-0.39, 0.29) is 26.9 Å². The second kappa shape index (κ2) is 11.7. The van der Waals surface area contributed by atoms with Crippen LogP contribution in [-0.4, -0.2) is 0 Å². The van der Waals surface area contributed by atoms with Gasteiger partial charge in [-0.3, -0.25) is 0 Å². The maximum absolute atomic E-state index is 3.81. The number of allylic oxidation sites excluding steroid dienone is 10. The molecule has 2 aliphatic carbocycles. The molecule has 0 bridgehead atoms. The second-order valence-electron chi connectivity index (χ2n) is 5.56. The smallest absolute Gasteiger partial charge is 0.358 e. The number of hydrogen-bond acceptors (Lipinski definition) is 0. The van der Waals surface area contributed by atoms with E-state index in [1.54, 1.807) is 0 Å². The normalized spacial score (nSPS) is 16.4. The third-order valence-corrected chi connectivity index (χ3v) is 3.16. The Hall–Kier alpha value is -0.937. The Morgan fingerprint density at radius 2 is 1.86 bits per heavy atom. The zero-order valence-corrected chi connectivity index (χ0v) is 15.8. The molecule has 1 heteroatoms. The van der Waals surface area contributed by atoms with Gasteiger partial charge in [-0.15, -0.1) is 35.5 Å². The fourth-order valence-electron chi connectivity index (χ4n) is 2.00. The number of rotatable bonds is 1. The van der Waals surface area contributed by atoms with Crippen LogP contribution in [0.3, 0.4) is 0 Å². The van der Waals surface area contributed by atoms with Gasteiger partial charge >= 0.3 is 19.5 Å². The van der Waals surface area contributed by atoms with E-state index in [9.17, 15) is 0 Å². The van der Waals surface area contributed by atoms with Gasteiger partial charge in [-0.1, -0.05) is 40.0 Å². The molecule has 2 rings (SSSR count). The quantitative estimate of drug-likeness (QED) is 0.379. The van der Waals surface area contributed by atoms with E-state index >= 15 is 0 Å². The van der Waals surface area contributed by atoms with E-state index < -0.39 is 0 Å². The molecule has 0 amide bonds. The summed E-state index contributed by atoms with van der Waals surface area (Å²) in [5, 5.41) is 0. The first-order valence-corrected chi connectivity index (χ1v) is 7.08. The monoisotopic (exact) mass is 371 g/mol. The summed E-state index contributed by atoms with van der Waals surface area (Å²) in [6.45, 7) is 12.5. The van der Waals surface area contributed by atoms with Crippen LogP contribution in [-0.2, 0) is 19.5 Å². The minimum atomic E-state index is 0. The summed E-state index contributed by atoms with van der Waals surface area (Å²) in [6.07, 6.45) is 17.5. The van der Waals surface area contributed by atoms with E-state index in [1.807, 2.05) is 0 Å². The molecule has 0 N–H and O–H groups in total. The maximum atomic E-state index is 3.81. The zero-order valence-electron chi connectivity index (χ0n) is 14.1. The Labute approximate surface area is 145 Å². The van der Waals surface area contributed by atoms with E-state index in [1.165, 1.54) is 29.1 Å². The van der Waals surface area contributed by atoms with E-state index in [4.69, 9.17) is 0 Å². The topological polar surface area (TPSA) is 0 Å². The molecule has 0 aromatic carbocycles. The van der Waals surface area contributed by atoms with Crippen LogP contribution in [0.2, 0.25) is 0 Å². The summed E-state index contributed by atoms with van der Waals surface area (Å²) in [7, 11) is 0. The molecule has 0 saturated carbocycles. The molecule has 1 radical (unpaired) electrons. The fraction of sp³-hybridized carbons (Fsp3) is 0.350. The van der Waals surface area contributed by atoms with Crippen molar-refractivity contribution >= 4 is 0 Å². The van der Waals surface area contributed by atoms with E-state index in [2.05, 4.69) is 77.2 Å². The van der Waals surface area contributed by atoms with Crippen molar-refractivity contribution in [3.63, 3.8) is 0 Å². The average molecular weight is 371 g/mol. The van der Waals surface area contributed by atoms with Crippen LogP contribution in [0.25, 0.3) is 0 Å². The second-order valence-corrected chi connectivity index (χ2v) is 5.56. The number of hydrogen-bond donors (Lipinski definition) is 0. The van der Waals surface area contributed by atoms with Gasteiger partial charge in [0.15, 0.2) is 0 Å². The Balaban J connectivity index is 0. The van der Waals surface area contributed by atoms with Crippen molar-refractivity contribution in [2.24, 2.45) is 5.92 Å². The Morgan fingerprint density at radius 3 is 2.29 bits per heavy atom. The van der Waals surface area contributed by atoms with Crippen LogP contribution < -0.4 is 0 Å². The van der Waals surface area contributed by atoms with Gasteiger partial charge in [-0.25, -0.2) is 18.6 Å². The maximum Gasteiger partial charge on any atom is 3.00 e. The van der Waals surface area contributed by atoms with Crippen molar-refractivity contribution < 1.29 is 19.5 Å². The van der Waals surface area contributed by atoms with Crippen molar-refractivity contribution in [2.45, 2.75) is 40.5 Å². The largest absolute Gasteiger partial charge is 3.00 e. The van der Waals surface area contributed by atoms with Crippen LogP contribution >= 0.6 is 0 Å². The van der Waals surface area contributed by atoms with Gasteiger partial charge in [0.1, 0.15) is 0 Å². The minimum Gasteiger partial charge on any atom is -0.358 e. The predicted molar refractivity (Wildman–Crippen MR) is 93.0 cm³/mol. The first-order valence-electron chi connectivity index (χ1n) is 7.08. The van der Waals surface area contributed by atoms with Crippen molar-refractivity contribution in [1.29, 1.82) is 0 Å². The Kier molecular flexibility index (Phi) is 12.4. The molecule has 0 atom stereocenters. The van der Waals surface area contributed by atoms with Gasteiger partial charge in [0.05, 0.1) is 0 Å². The van der Waals surface area contributed by atoms with Gasteiger partial charge in [0, 0.05) is 0 Å². The van der Waals surface area contributed by atoms with Gasteiger partial charge in [0.2, 0.25) is 0 Å². The molecule has 0 fully saturated rings. The summed E-state index contributed by atoms with van der Waals surface area (Å²) in [6, 6.07) is 0. The third-order valence-electron chi connectivity index (χ3n) is 3.16. The van der Waals surface area contributed by atoms with Crippen LogP contribution in [0.1, 0.15) is 40.5 Å². The first-order chi connectivity index (χ1) is 8.99. The van der Waals surface area contributed by atoms with E-state index in [0.29, 0.717) is 5.92 Å². The van der Waals surface area contributed by atoms with Gasteiger partial charge in [-0.2, -0.15) is 18.1 Å². The van der Waals surface area contributed by atoms with Crippen LogP contribution in [0.15, 0.2) is 59.3 Å². The molecule has 0 saturated heterocycles. The molecule has 0 unspecified atom stereocenters. The van der Waals surface area contributed by atoms with Crippen molar-refractivity contribution in [3.05, 3.63) is 79.5 Å². The van der Waals surface area contributed by atoms with Gasteiger partial charge in [0.25, 0.3) is 0 Å². The third kappa shape index (κ3) is 9.59. The van der Waals surface area contributed by atoms with E-state index in [0.717, 1.165) is 6.42 Å². The molecule has 0 aromatic heterocycles. The van der Waals surface area contributed by atoms with Crippen molar-refractivity contribution in [2.75, 3.05) is 0 Å². The fourth-order valence-corrected chi connectivity index (χ4v) is 2.00. The summed E-state index contributed by atoms with van der Waals surface area (Å²) in [5.74, 6) is 1.97. The molecule has 0 nitrogen and oxygen atoms in total. The van der Waals surface area contributed by atoms with Crippen molar-refractivity contribution in [3.8, 4) is 0 Å². The van der Waals surface area contributed by atoms with Crippen LogP contribution in [0.4, 0.5) is 0 Å². The molecular weight excluding hydrogens is 341 g/mol. The van der Waals surface area contributed by atoms with Crippen LogP contribution in [0.5, 0.6) is 0 Å².